The summed E-state index contributed by atoms with van der Waals surface area (Å²) in [6, 6.07) is 5.47. The number of nitrogens with two attached hydrogens (primary N) is 1. The zero-order chi connectivity index (χ0) is 17.5. The van der Waals surface area contributed by atoms with E-state index >= 15 is 0 Å². The molecule has 1 aliphatic rings. The number of hydrogen-bond donors (Lipinski definition) is 2. The summed E-state index contributed by atoms with van der Waals surface area (Å²) in [4.78, 5) is 26.5. The minimum Gasteiger partial charge on any atom is -0.366 e. The van der Waals surface area contributed by atoms with E-state index in [2.05, 4.69) is 19.2 Å². The van der Waals surface area contributed by atoms with Crippen LogP contribution in [0.5, 0.6) is 0 Å². The lowest BCUT2D eigenvalue weighted by Crippen LogP contribution is -2.33. The third-order valence-corrected chi connectivity index (χ3v) is 4.57. The van der Waals surface area contributed by atoms with Crippen molar-refractivity contribution in [2.24, 2.45) is 5.73 Å². The lowest BCUT2D eigenvalue weighted by atomic mass is 9.88. The van der Waals surface area contributed by atoms with Crippen molar-refractivity contribution in [3.8, 4) is 0 Å². The van der Waals surface area contributed by atoms with E-state index in [9.17, 15) is 9.59 Å². The van der Waals surface area contributed by atoms with Crippen molar-refractivity contribution >= 4 is 11.8 Å². The van der Waals surface area contributed by atoms with Gasteiger partial charge in [-0.3, -0.25) is 9.59 Å². The Kier molecular flexibility index (Phi) is 6.79. The van der Waals surface area contributed by atoms with Gasteiger partial charge >= 0.3 is 0 Å². The Bertz CT molecular complexity index is 574. The predicted octanol–water partition coefficient (Wildman–Crippen LogP) is 2.51. The molecular formula is C19H29N3O2. The first-order valence-electron chi connectivity index (χ1n) is 9.01. The van der Waals surface area contributed by atoms with Crippen LogP contribution in [0.2, 0.25) is 0 Å². The van der Waals surface area contributed by atoms with Gasteiger partial charge in [0.05, 0.1) is 0 Å². The van der Waals surface area contributed by atoms with Gasteiger partial charge in [0, 0.05) is 24.2 Å². The van der Waals surface area contributed by atoms with Gasteiger partial charge in [0.1, 0.15) is 0 Å². The molecule has 0 spiro atoms. The maximum absolute atomic E-state index is 12.9. The van der Waals surface area contributed by atoms with Gasteiger partial charge in [-0.05, 0) is 68.5 Å². The molecule has 0 aliphatic carbocycles. The molecule has 2 amide bonds. The van der Waals surface area contributed by atoms with Crippen LogP contribution in [0.1, 0.15) is 71.7 Å². The summed E-state index contributed by atoms with van der Waals surface area (Å²) in [6.45, 7) is 7.53. The van der Waals surface area contributed by atoms with Gasteiger partial charge in [-0.25, -0.2) is 0 Å². The molecule has 132 valence electrons. The average molecular weight is 331 g/mol. The number of nitrogens with zero attached hydrogens (tertiary/aromatic N) is 1. The quantitative estimate of drug-likeness (QED) is 0.806. The van der Waals surface area contributed by atoms with E-state index < -0.39 is 5.91 Å². The Hall–Kier alpha value is -1.88. The number of carbonyl (C=O) groups excluding carboxylic acids is 2. The number of hydrogen-bond acceptors (Lipinski definition) is 3. The smallest absolute Gasteiger partial charge is 0.253 e. The molecule has 0 unspecified atom stereocenters. The van der Waals surface area contributed by atoms with Crippen molar-refractivity contribution < 1.29 is 9.59 Å². The molecule has 0 radical (unpaired) electrons. The van der Waals surface area contributed by atoms with Crippen LogP contribution in [-0.4, -0.2) is 42.9 Å². The van der Waals surface area contributed by atoms with E-state index in [0.29, 0.717) is 17.0 Å². The Morgan fingerprint density at radius 3 is 2.21 bits per heavy atom. The van der Waals surface area contributed by atoms with E-state index in [0.717, 1.165) is 57.4 Å². The first-order valence-corrected chi connectivity index (χ1v) is 9.01. The molecule has 0 bridgehead atoms. The highest BCUT2D eigenvalue weighted by molar-refractivity contribution is 5.99. The molecule has 5 nitrogen and oxygen atoms in total. The molecule has 1 saturated heterocycles. The number of carbonyl (C=O) groups is 2. The summed E-state index contributed by atoms with van der Waals surface area (Å²) >= 11 is 0. The van der Waals surface area contributed by atoms with Crippen molar-refractivity contribution in [3.63, 3.8) is 0 Å². The van der Waals surface area contributed by atoms with Gasteiger partial charge < -0.3 is 16.0 Å². The third-order valence-electron chi connectivity index (χ3n) is 4.57. The highest BCUT2D eigenvalue weighted by Gasteiger charge is 2.21. The van der Waals surface area contributed by atoms with Gasteiger partial charge in [0.25, 0.3) is 5.91 Å². The van der Waals surface area contributed by atoms with Crippen LogP contribution >= 0.6 is 0 Å². The zero-order valence-corrected chi connectivity index (χ0v) is 14.8. The lowest BCUT2D eigenvalue weighted by Gasteiger charge is -2.25. The molecule has 24 heavy (non-hydrogen) atoms. The zero-order valence-electron chi connectivity index (χ0n) is 14.8. The largest absolute Gasteiger partial charge is 0.366 e. The first kappa shape index (κ1) is 18.5. The van der Waals surface area contributed by atoms with Crippen LogP contribution in [0.3, 0.4) is 0 Å². The third kappa shape index (κ3) is 4.57. The maximum Gasteiger partial charge on any atom is 0.253 e. The number of piperidine rings is 1. The molecule has 1 heterocycles. The van der Waals surface area contributed by atoms with Gasteiger partial charge in [-0.1, -0.05) is 13.8 Å². The maximum atomic E-state index is 12.9. The topological polar surface area (TPSA) is 75.4 Å². The second-order valence-corrected chi connectivity index (χ2v) is 6.52. The number of amides is 2. The molecule has 0 aromatic heterocycles. The monoisotopic (exact) mass is 331 g/mol. The van der Waals surface area contributed by atoms with Crippen LogP contribution in [0.4, 0.5) is 0 Å². The van der Waals surface area contributed by atoms with Crippen molar-refractivity contribution in [1.82, 2.24) is 10.2 Å². The van der Waals surface area contributed by atoms with Gasteiger partial charge in [0.2, 0.25) is 5.91 Å². The van der Waals surface area contributed by atoms with Gasteiger partial charge in [-0.2, -0.15) is 0 Å². The van der Waals surface area contributed by atoms with Crippen LogP contribution in [0.15, 0.2) is 18.2 Å². The van der Waals surface area contributed by atoms with E-state index in [1.165, 1.54) is 0 Å². The molecule has 1 aromatic rings. The number of primary amides is 1. The standard InChI is InChI=1S/C19H29N3O2/c1-3-9-22(10-4-2)19(24)17-12-15(11-16(13-17)18(20)23)14-5-7-21-8-6-14/h11-14,21H,3-10H2,1-2H3,(H2,20,23). The van der Waals surface area contributed by atoms with Crippen LogP contribution in [0, 0.1) is 0 Å². The first-order chi connectivity index (χ1) is 11.6. The lowest BCUT2D eigenvalue weighted by molar-refractivity contribution is 0.0755. The summed E-state index contributed by atoms with van der Waals surface area (Å²) in [5.74, 6) is -0.0998. The highest BCUT2D eigenvalue weighted by Crippen LogP contribution is 2.27. The van der Waals surface area contributed by atoms with Gasteiger partial charge in [-0.15, -0.1) is 0 Å². The van der Waals surface area contributed by atoms with Crippen LogP contribution in [-0.2, 0) is 0 Å². The normalized spacial score (nSPS) is 15.2. The Balaban J connectivity index is 2.34. The van der Waals surface area contributed by atoms with Crippen LogP contribution in [0.25, 0.3) is 0 Å². The molecule has 1 aliphatic heterocycles. The molecule has 0 atom stereocenters. The SMILES string of the molecule is CCCN(CCC)C(=O)c1cc(C(N)=O)cc(C2CCNCC2)c1. The Morgan fingerprint density at radius 1 is 1.08 bits per heavy atom. The number of nitrogens with one attached hydrogen (secondary N) is 1. The van der Waals surface area contributed by atoms with E-state index in [4.69, 9.17) is 5.73 Å². The van der Waals surface area contributed by atoms with Crippen molar-refractivity contribution in [2.75, 3.05) is 26.2 Å². The summed E-state index contributed by atoms with van der Waals surface area (Å²) in [6.07, 6.45) is 3.87. The fourth-order valence-electron chi connectivity index (χ4n) is 3.35. The van der Waals surface area contributed by atoms with Crippen molar-refractivity contribution in [3.05, 3.63) is 34.9 Å². The Labute approximate surface area is 144 Å². The van der Waals surface area contributed by atoms with E-state index in [-0.39, 0.29) is 5.91 Å². The minimum atomic E-state index is -0.475. The summed E-state index contributed by atoms with van der Waals surface area (Å²) in [5.41, 5.74) is 7.58. The molecule has 1 fully saturated rings. The van der Waals surface area contributed by atoms with E-state index in [1.807, 2.05) is 17.0 Å². The van der Waals surface area contributed by atoms with Crippen molar-refractivity contribution in [1.29, 1.82) is 0 Å². The fraction of sp³-hybridized carbons (Fsp3) is 0.579. The Morgan fingerprint density at radius 2 is 1.67 bits per heavy atom. The van der Waals surface area contributed by atoms with Crippen LogP contribution < -0.4 is 11.1 Å². The van der Waals surface area contributed by atoms with Crippen molar-refractivity contribution in [2.45, 2.75) is 45.4 Å². The average Bonchev–Trinajstić information content (AvgIpc) is 2.61. The second kappa shape index (κ2) is 8.83. The molecule has 3 N–H and O–H groups in total. The molecule has 2 rings (SSSR count). The molecule has 5 heteroatoms. The second-order valence-electron chi connectivity index (χ2n) is 6.52. The summed E-state index contributed by atoms with van der Waals surface area (Å²) in [7, 11) is 0. The fourth-order valence-corrected chi connectivity index (χ4v) is 3.35. The number of benzene rings is 1. The minimum absolute atomic E-state index is 0.00279. The number of rotatable bonds is 7. The highest BCUT2D eigenvalue weighted by atomic mass is 16.2. The molecular weight excluding hydrogens is 302 g/mol. The van der Waals surface area contributed by atoms with Gasteiger partial charge in [0.15, 0.2) is 0 Å². The summed E-state index contributed by atoms with van der Waals surface area (Å²) in [5, 5.41) is 3.34. The van der Waals surface area contributed by atoms with E-state index in [1.54, 1.807) is 6.07 Å². The predicted molar refractivity (Wildman–Crippen MR) is 96.3 cm³/mol. The molecule has 0 saturated carbocycles. The summed E-state index contributed by atoms with van der Waals surface area (Å²) < 4.78 is 0. The molecule has 1 aromatic carbocycles.